The van der Waals surface area contributed by atoms with Crippen molar-refractivity contribution in [2.24, 2.45) is 0 Å². The Labute approximate surface area is 108 Å². The van der Waals surface area contributed by atoms with Crippen LogP contribution >= 0.6 is 0 Å². The van der Waals surface area contributed by atoms with Gasteiger partial charge in [0.2, 0.25) is 0 Å². The predicted octanol–water partition coefficient (Wildman–Crippen LogP) is 0.478. The summed E-state index contributed by atoms with van der Waals surface area (Å²) in [5.74, 6) is 1.42. The molecule has 0 aliphatic heterocycles. The Morgan fingerprint density at radius 1 is 1.17 bits per heavy atom. The van der Waals surface area contributed by atoms with E-state index in [2.05, 4.69) is 15.3 Å². The molecule has 0 spiro atoms. The molecule has 0 aliphatic carbocycles. The zero-order valence-corrected chi connectivity index (χ0v) is 11.2. The highest BCUT2D eigenvalue weighted by Gasteiger charge is 2.12. The Hall–Kier alpha value is -1.40. The summed E-state index contributed by atoms with van der Waals surface area (Å²) < 4.78 is 0. The zero-order valence-electron chi connectivity index (χ0n) is 11.2. The van der Waals surface area contributed by atoms with Gasteiger partial charge in [-0.3, -0.25) is 0 Å². The Morgan fingerprint density at radius 2 is 1.78 bits per heavy atom. The molecule has 0 saturated heterocycles. The molecule has 1 aromatic rings. The quantitative estimate of drug-likeness (QED) is 0.685. The lowest BCUT2D eigenvalue weighted by atomic mass is 10.1. The fourth-order valence-electron chi connectivity index (χ4n) is 1.55. The second-order valence-electron chi connectivity index (χ2n) is 5.07. The molecule has 102 valence electrons. The number of aliphatic hydroxyl groups excluding tert-OH is 2. The van der Waals surface area contributed by atoms with E-state index in [4.69, 9.17) is 10.2 Å². The van der Waals surface area contributed by atoms with Gasteiger partial charge in [0, 0.05) is 24.7 Å². The van der Waals surface area contributed by atoms with Crippen LogP contribution in [0.3, 0.4) is 0 Å². The van der Waals surface area contributed by atoms with Gasteiger partial charge in [0.15, 0.2) is 0 Å². The third-order valence-corrected chi connectivity index (χ3v) is 2.22. The monoisotopic (exact) mass is 254 g/mol. The summed E-state index contributed by atoms with van der Waals surface area (Å²) in [4.78, 5) is 10.1. The van der Waals surface area contributed by atoms with Crippen molar-refractivity contribution >= 4 is 11.6 Å². The average Bonchev–Trinajstić information content (AvgIpc) is 2.27. The molecule has 0 bridgehead atoms. The molecule has 0 aromatic carbocycles. The van der Waals surface area contributed by atoms with Crippen molar-refractivity contribution < 1.29 is 10.2 Å². The van der Waals surface area contributed by atoms with Gasteiger partial charge in [-0.05, 0) is 20.8 Å². The van der Waals surface area contributed by atoms with Crippen LogP contribution in [0.25, 0.3) is 0 Å². The maximum Gasteiger partial charge on any atom is 0.134 e. The second kappa shape index (κ2) is 6.51. The van der Waals surface area contributed by atoms with Crippen molar-refractivity contribution in [1.29, 1.82) is 0 Å². The lowest BCUT2D eigenvalue weighted by molar-refractivity contribution is 0.280. The molecule has 0 fully saturated rings. The Bertz CT molecular complexity index is 359. The smallest absolute Gasteiger partial charge is 0.134 e. The molecular weight excluding hydrogens is 232 g/mol. The normalized spacial score (nSPS) is 11.4. The van der Waals surface area contributed by atoms with E-state index >= 15 is 0 Å². The highest BCUT2D eigenvalue weighted by Crippen LogP contribution is 2.17. The molecule has 1 heterocycles. The minimum absolute atomic E-state index is 0.0199. The zero-order chi connectivity index (χ0) is 13.6. The molecule has 0 unspecified atom stereocenters. The molecule has 0 saturated carbocycles. The van der Waals surface area contributed by atoms with E-state index in [1.54, 1.807) is 0 Å². The Balaban J connectivity index is 2.84. The molecule has 3 N–H and O–H groups in total. The summed E-state index contributed by atoms with van der Waals surface area (Å²) in [5, 5.41) is 21.3. The van der Waals surface area contributed by atoms with E-state index in [9.17, 15) is 0 Å². The molecule has 1 rings (SSSR count). The molecule has 0 aliphatic rings. The summed E-state index contributed by atoms with van der Waals surface area (Å²) in [5.41, 5.74) is -0.0790. The van der Waals surface area contributed by atoms with Gasteiger partial charge in [-0.1, -0.05) is 0 Å². The van der Waals surface area contributed by atoms with Crippen LogP contribution in [-0.4, -0.2) is 52.0 Å². The van der Waals surface area contributed by atoms with Crippen LogP contribution in [0.1, 0.15) is 20.8 Å². The van der Waals surface area contributed by atoms with Gasteiger partial charge >= 0.3 is 0 Å². The van der Waals surface area contributed by atoms with Crippen molar-refractivity contribution in [2.75, 3.05) is 36.5 Å². The fourth-order valence-corrected chi connectivity index (χ4v) is 1.55. The standard InChI is InChI=1S/C12H22N4O2/c1-12(2,3)15-10-8-11(14-9-13-10)16(4-6-17)5-7-18/h8-9,17-18H,4-7H2,1-3H3,(H,13,14,15). The number of nitrogens with zero attached hydrogens (tertiary/aromatic N) is 3. The first-order chi connectivity index (χ1) is 8.46. The van der Waals surface area contributed by atoms with Gasteiger partial charge in [-0.25, -0.2) is 9.97 Å². The number of anilines is 2. The largest absolute Gasteiger partial charge is 0.395 e. The highest BCUT2D eigenvalue weighted by molar-refractivity contribution is 5.49. The maximum atomic E-state index is 9.00. The molecular formula is C12H22N4O2. The van der Waals surface area contributed by atoms with E-state index in [0.29, 0.717) is 18.9 Å². The van der Waals surface area contributed by atoms with E-state index < -0.39 is 0 Å². The van der Waals surface area contributed by atoms with Crippen molar-refractivity contribution in [3.8, 4) is 0 Å². The van der Waals surface area contributed by atoms with Gasteiger partial charge in [-0.2, -0.15) is 0 Å². The van der Waals surface area contributed by atoms with Crippen LogP contribution in [0.5, 0.6) is 0 Å². The molecule has 0 atom stereocenters. The van der Waals surface area contributed by atoms with Crippen molar-refractivity contribution in [1.82, 2.24) is 9.97 Å². The van der Waals surface area contributed by atoms with Crippen LogP contribution in [0.15, 0.2) is 12.4 Å². The average molecular weight is 254 g/mol. The van der Waals surface area contributed by atoms with Crippen LogP contribution in [0, 0.1) is 0 Å². The minimum Gasteiger partial charge on any atom is -0.395 e. The van der Waals surface area contributed by atoms with Gasteiger partial charge in [0.25, 0.3) is 0 Å². The summed E-state index contributed by atoms with van der Waals surface area (Å²) in [7, 11) is 0. The third-order valence-electron chi connectivity index (χ3n) is 2.22. The summed E-state index contributed by atoms with van der Waals surface area (Å²) in [6.07, 6.45) is 1.48. The van der Waals surface area contributed by atoms with Gasteiger partial charge < -0.3 is 20.4 Å². The van der Waals surface area contributed by atoms with E-state index in [-0.39, 0.29) is 18.8 Å². The van der Waals surface area contributed by atoms with Crippen molar-refractivity contribution in [2.45, 2.75) is 26.3 Å². The Kier molecular flexibility index (Phi) is 5.30. The number of hydrogen-bond acceptors (Lipinski definition) is 6. The van der Waals surface area contributed by atoms with Gasteiger partial charge in [0.1, 0.15) is 18.0 Å². The van der Waals surface area contributed by atoms with Crippen LogP contribution in [-0.2, 0) is 0 Å². The van der Waals surface area contributed by atoms with Gasteiger partial charge in [0.05, 0.1) is 13.2 Å². The lowest BCUT2D eigenvalue weighted by Gasteiger charge is -2.24. The van der Waals surface area contributed by atoms with Crippen LogP contribution in [0.2, 0.25) is 0 Å². The van der Waals surface area contributed by atoms with Crippen molar-refractivity contribution in [3.63, 3.8) is 0 Å². The van der Waals surface area contributed by atoms with Gasteiger partial charge in [-0.15, -0.1) is 0 Å². The summed E-state index contributed by atoms with van der Waals surface area (Å²) >= 11 is 0. The molecule has 0 amide bonds. The third kappa shape index (κ3) is 4.85. The topological polar surface area (TPSA) is 81.5 Å². The van der Waals surface area contributed by atoms with E-state index in [1.807, 2.05) is 31.7 Å². The number of hydrogen-bond donors (Lipinski definition) is 3. The first-order valence-corrected chi connectivity index (χ1v) is 6.03. The highest BCUT2D eigenvalue weighted by atomic mass is 16.3. The molecule has 1 aromatic heterocycles. The lowest BCUT2D eigenvalue weighted by Crippen LogP contribution is -2.31. The SMILES string of the molecule is CC(C)(C)Nc1cc(N(CCO)CCO)ncn1. The molecule has 6 heteroatoms. The van der Waals surface area contributed by atoms with E-state index in [0.717, 1.165) is 5.82 Å². The summed E-state index contributed by atoms with van der Waals surface area (Å²) in [6, 6.07) is 1.82. The van der Waals surface area contributed by atoms with Crippen molar-refractivity contribution in [3.05, 3.63) is 12.4 Å². The predicted molar refractivity (Wildman–Crippen MR) is 71.8 cm³/mol. The molecule has 0 radical (unpaired) electrons. The fraction of sp³-hybridized carbons (Fsp3) is 0.667. The molecule has 18 heavy (non-hydrogen) atoms. The second-order valence-corrected chi connectivity index (χ2v) is 5.07. The molecule has 6 nitrogen and oxygen atoms in total. The van der Waals surface area contributed by atoms with E-state index in [1.165, 1.54) is 6.33 Å². The Morgan fingerprint density at radius 3 is 2.28 bits per heavy atom. The number of nitrogens with one attached hydrogen (secondary N) is 1. The first kappa shape index (κ1) is 14.7. The number of aliphatic hydroxyl groups is 2. The maximum absolute atomic E-state index is 9.00. The van der Waals surface area contributed by atoms with Crippen LogP contribution in [0.4, 0.5) is 11.6 Å². The minimum atomic E-state index is -0.0790. The number of aromatic nitrogens is 2. The first-order valence-electron chi connectivity index (χ1n) is 6.03. The summed E-state index contributed by atoms with van der Waals surface area (Å²) in [6.45, 7) is 7.06. The van der Waals surface area contributed by atoms with Crippen LogP contribution < -0.4 is 10.2 Å². The number of rotatable bonds is 6.